The molecule has 3 heteroatoms. The zero-order valence-corrected chi connectivity index (χ0v) is 17.4. The van der Waals surface area contributed by atoms with Crippen LogP contribution < -0.4 is 4.90 Å². The SMILES string of the molecule is c1cc(N2CCN(Cc3ccc(CC4CCCCC4)cc3)CC2)c2cc[nH]c2c1. The third-order valence-electron chi connectivity index (χ3n) is 6.96. The second kappa shape index (κ2) is 8.62. The Morgan fingerprint density at radius 2 is 1.55 bits per heavy atom. The van der Waals surface area contributed by atoms with Gasteiger partial charge in [-0.2, -0.15) is 0 Å². The van der Waals surface area contributed by atoms with Crippen molar-refractivity contribution in [2.24, 2.45) is 5.92 Å². The molecule has 29 heavy (non-hydrogen) atoms. The molecule has 1 aromatic heterocycles. The number of H-pyrrole nitrogens is 1. The first-order valence-corrected chi connectivity index (χ1v) is 11.5. The van der Waals surface area contributed by atoms with E-state index in [1.54, 1.807) is 0 Å². The van der Waals surface area contributed by atoms with Gasteiger partial charge in [0.25, 0.3) is 0 Å². The van der Waals surface area contributed by atoms with E-state index in [1.165, 1.54) is 66.2 Å². The fourth-order valence-corrected chi connectivity index (χ4v) is 5.26. The predicted octanol–water partition coefficient (Wildman–Crippen LogP) is 5.61. The molecule has 3 nitrogen and oxygen atoms in total. The molecule has 0 amide bonds. The van der Waals surface area contributed by atoms with Gasteiger partial charge in [-0.15, -0.1) is 0 Å². The van der Waals surface area contributed by atoms with E-state index < -0.39 is 0 Å². The Morgan fingerprint density at radius 3 is 2.34 bits per heavy atom. The number of fused-ring (bicyclic) bond motifs is 1. The van der Waals surface area contributed by atoms with Gasteiger partial charge in [-0.1, -0.05) is 62.4 Å². The molecule has 5 rings (SSSR count). The van der Waals surface area contributed by atoms with Gasteiger partial charge in [0.2, 0.25) is 0 Å². The number of rotatable bonds is 5. The first kappa shape index (κ1) is 18.7. The molecule has 1 saturated carbocycles. The summed E-state index contributed by atoms with van der Waals surface area (Å²) in [4.78, 5) is 8.48. The number of anilines is 1. The fraction of sp³-hybridized carbons (Fsp3) is 0.462. The Kier molecular flexibility index (Phi) is 5.58. The van der Waals surface area contributed by atoms with E-state index in [4.69, 9.17) is 0 Å². The summed E-state index contributed by atoms with van der Waals surface area (Å²) in [5.41, 5.74) is 5.59. The lowest BCUT2D eigenvalue weighted by atomic mass is 9.85. The zero-order chi connectivity index (χ0) is 19.5. The number of aromatic amines is 1. The lowest BCUT2D eigenvalue weighted by Gasteiger charge is -2.36. The summed E-state index contributed by atoms with van der Waals surface area (Å²) in [6.45, 7) is 5.54. The Labute approximate surface area is 174 Å². The Hall–Kier alpha value is -2.26. The molecule has 0 bridgehead atoms. The summed E-state index contributed by atoms with van der Waals surface area (Å²) in [6, 6.07) is 18.3. The van der Waals surface area contributed by atoms with Gasteiger partial charge in [-0.25, -0.2) is 0 Å². The lowest BCUT2D eigenvalue weighted by molar-refractivity contribution is 0.250. The van der Waals surface area contributed by atoms with Crippen LogP contribution in [-0.4, -0.2) is 36.1 Å². The summed E-state index contributed by atoms with van der Waals surface area (Å²) in [5, 5.41) is 1.34. The summed E-state index contributed by atoms with van der Waals surface area (Å²) in [5.74, 6) is 0.923. The van der Waals surface area contributed by atoms with Crippen molar-refractivity contribution in [3.8, 4) is 0 Å². The van der Waals surface area contributed by atoms with E-state index in [1.807, 2.05) is 6.20 Å². The summed E-state index contributed by atoms with van der Waals surface area (Å²) >= 11 is 0. The molecule has 1 N–H and O–H groups in total. The van der Waals surface area contributed by atoms with Gasteiger partial charge in [0.05, 0.1) is 0 Å². The van der Waals surface area contributed by atoms with Gasteiger partial charge in [-0.3, -0.25) is 4.90 Å². The second-order valence-corrected chi connectivity index (χ2v) is 9.00. The fourth-order valence-electron chi connectivity index (χ4n) is 5.26. The summed E-state index contributed by atoms with van der Waals surface area (Å²) in [7, 11) is 0. The molecular formula is C26H33N3. The van der Waals surface area contributed by atoms with Gasteiger partial charge >= 0.3 is 0 Å². The van der Waals surface area contributed by atoms with Crippen LogP contribution in [0.3, 0.4) is 0 Å². The van der Waals surface area contributed by atoms with Crippen molar-refractivity contribution >= 4 is 16.6 Å². The molecule has 2 aromatic carbocycles. The minimum Gasteiger partial charge on any atom is -0.368 e. The third kappa shape index (κ3) is 4.35. The number of nitrogens with zero attached hydrogens (tertiary/aromatic N) is 2. The molecular weight excluding hydrogens is 354 g/mol. The van der Waals surface area contributed by atoms with Crippen LogP contribution in [0.2, 0.25) is 0 Å². The van der Waals surface area contributed by atoms with Crippen LogP contribution in [0, 0.1) is 5.92 Å². The van der Waals surface area contributed by atoms with Crippen LogP contribution in [0.4, 0.5) is 5.69 Å². The topological polar surface area (TPSA) is 22.3 Å². The minimum absolute atomic E-state index is 0.923. The number of piperazine rings is 1. The average Bonchev–Trinajstić information content (AvgIpc) is 3.26. The van der Waals surface area contributed by atoms with Crippen LogP contribution >= 0.6 is 0 Å². The highest BCUT2D eigenvalue weighted by Crippen LogP contribution is 2.28. The quantitative estimate of drug-likeness (QED) is 0.614. The summed E-state index contributed by atoms with van der Waals surface area (Å²) < 4.78 is 0. The molecule has 1 saturated heterocycles. The standard InChI is InChI=1S/C26H33N3/c1-2-5-21(6-3-1)19-22-9-11-23(12-10-22)20-28-15-17-29(18-16-28)26-8-4-7-25-24(26)13-14-27-25/h4,7-14,21,27H,1-3,5-6,15-20H2. The maximum Gasteiger partial charge on any atom is 0.0474 e. The smallest absolute Gasteiger partial charge is 0.0474 e. The van der Waals surface area contributed by atoms with Crippen LogP contribution in [-0.2, 0) is 13.0 Å². The largest absolute Gasteiger partial charge is 0.368 e. The van der Waals surface area contributed by atoms with Crippen molar-refractivity contribution in [1.82, 2.24) is 9.88 Å². The summed E-state index contributed by atoms with van der Waals surface area (Å²) in [6.07, 6.45) is 10.5. The maximum absolute atomic E-state index is 3.33. The first-order chi connectivity index (χ1) is 14.3. The Bertz CT molecular complexity index is 913. The van der Waals surface area contributed by atoms with Crippen molar-refractivity contribution < 1.29 is 0 Å². The monoisotopic (exact) mass is 387 g/mol. The second-order valence-electron chi connectivity index (χ2n) is 9.00. The highest BCUT2D eigenvalue weighted by atomic mass is 15.3. The van der Waals surface area contributed by atoms with E-state index in [0.29, 0.717) is 0 Å². The Balaban J connectivity index is 1.15. The zero-order valence-electron chi connectivity index (χ0n) is 17.4. The van der Waals surface area contributed by atoms with Crippen molar-refractivity contribution in [3.63, 3.8) is 0 Å². The van der Waals surface area contributed by atoms with Crippen molar-refractivity contribution in [1.29, 1.82) is 0 Å². The minimum atomic E-state index is 0.923. The average molecular weight is 388 g/mol. The van der Waals surface area contributed by atoms with Gasteiger partial charge in [-0.05, 0) is 41.7 Å². The van der Waals surface area contributed by atoms with E-state index >= 15 is 0 Å². The van der Waals surface area contributed by atoms with Crippen molar-refractivity contribution in [2.75, 3.05) is 31.1 Å². The number of aromatic nitrogens is 1. The number of hydrogen-bond donors (Lipinski definition) is 1. The van der Waals surface area contributed by atoms with Crippen LogP contribution in [0.25, 0.3) is 10.9 Å². The lowest BCUT2D eigenvalue weighted by Crippen LogP contribution is -2.46. The molecule has 2 aliphatic rings. The van der Waals surface area contributed by atoms with Crippen molar-refractivity contribution in [3.05, 3.63) is 65.9 Å². The molecule has 0 spiro atoms. The van der Waals surface area contributed by atoms with Crippen molar-refractivity contribution in [2.45, 2.75) is 45.1 Å². The first-order valence-electron chi connectivity index (χ1n) is 11.5. The van der Waals surface area contributed by atoms with E-state index in [2.05, 4.69) is 63.3 Å². The molecule has 2 fully saturated rings. The van der Waals surface area contributed by atoms with Gasteiger partial charge < -0.3 is 9.88 Å². The third-order valence-corrected chi connectivity index (χ3v) is 6.96. The predicted molar refractivity (Wildman–Crippen MR) is 123 cm³/mol. The van der Waals surface area contributed by atoms with Gasteiger partial charge in [0.15, 0.2) is 0 Å². The maximum atomic E-state index is 3.33. The number of benzene rings is 2. The molecule has 1 aliphatic carbocycles. The molecule has 2 heterocycles. The van der Waals surface area contributed by atoms with E-state index in [-0.39, 0.29) is 0 Å². The molecule has 152 valence electrons. The number of hydrogen-bond acceptors (Lipinski definition) is 2. The van der Waals surface area contributed by atoms with Gasteiger partial charge in [0.1, 0.15) is 0 Å². The molecule has 3 aromatic rings. The van der Waals surface area contributed by atoms with Crippen LogP contribution in [0.15, 0.2) is 54.7 Å². The van der Waals surface area contributed by atoms with Crippen LogP contribution in [0.1, 0.15) is 43.2 Å². The van der Waals surface area contributed by atoms with E-state index in [9.17, 15) is 0 Å². The normalized spacial score (nSPS) is 19.1. The molecule has 0 atom stereocenters. The molecule has 0 unspecified atom stereocenters. The highest BCUT2D eigenvalue weighted by Gasteiger charge is 2.19. The molecule has 0 radical (unpaired) electrons. The highest BCUT2D eigenvalue weighted by molar-refractivity contribution is 5.92. The number of nitrogens with one attached hydrogen (secondary N) is 1. The Morgan fingerprint density at radius 1 is 0.793 bits per heavy atom. The van der Waals surface area contributed by atoms with E-state index in [0.717, 1.165) is 38.6 Å². The van der Waals surface area contributed by atoms with Crippen LogP contribution in [0.5, 0.6) is 0 Å². The molecule has 1 aliphatic heterocycles. The van der Waals surface area contributed by atoms with Gasteiger partial charge in [0, 0.05) is 55.5 Å².